The Balaban J connectivity index is 2.12. The minimum Gasteiger partial charge on any atom is -0.388 e. The van der Waals surface area contributed by atoms with Crippen molar-refractivity contribution in [3.8, 4) is 0 Å². The lowest BCUT2D eigenvalue weighted by atomic mass is 9.80. The molecule has 1 fully saturated rings. The minimum absolute atomic E-state index is 0.163. The Morgan fingerprint density at radius 2 is 2.14 bits per heavy atom. The van der Waals surface area contributed by atoms with Crippen LogP contribution in [0.5, 0.6) is 0 Å². The molecule has 1 atom stereocenters. The van der Waals surface area contributed by atoms with Gasteiger partial charge >= 0.3 is 0 Å². The van der Waals surface area contributed by atoms with Crippen molar-refractivity contribution in [1.29, 1.82) is 0 Å². The van der Waals surface area contributed by atoms with Crippen LogP contribution in [0, 0.1) is 21.4 Å². The number of hydrogen-bond acceptors (Lipinski definition) is 4. The van der Waals surface area contributed by atoms with E-state index in [-0.39, 0.29) is 10.6 Å². The molecule has 1 saturated heterocycles. The van der Waals surface area contributed by atoms with Gasteiger partial charge in [-0.25, -0.2) is 0 Å². The molecule has 1 aromatic rings. The smallest absolute Gasteiger partial charge is 0.269 e. The fourth-order valence-corrected chi connectivity index (χ4v) is 2.99. The Morgan fingerprint density at radius 1 is 1.43 bits per heavy atom. The van der Waals surface area contributed by atoms with Gasteiger partial charge in [-0.2, -0.15) is 0 Å². The van der Waals surface area contributed by atoms with Gasteiger partial charge in [0.1, 0.15) is 0 Å². The topological polar surface area (TPSA) is 58.4 Å². The fraction of sp³-hybridized carbons (Fsp3) is 0.625. The Hall–Kier alpha value is -1.62. The Bertz CT molecular complexity index is 523. The van der Waals surface area contributed by atoms with Crippen LogP contribution in [0.15, 0.2) is 18.2 Å². The maximum atomic E-state index is 10.9. The van der Waals surface area contributed by atoms with Crippen LogP contribution in [0.2, 0.25) is 0 Å². The van der Waals surface area contributed by atoms with E-state index in [4.69, 9.17) is 0 Å². The second kappa shape index (κ2) is 6.02. The molecule has 5 nitrogen and oxygen atoms in total. The average Bonchev–Trinajstić information content (AvgIpc) is 2.87. The summed E-state index contributed by atoms with van der Waals surface area (Å²) in [5, 5.41) is 14.1. The van der Waals surface area contributed by atoms with Crippen molar-refractivity contribution in [2.24, 2.45) is 11.3 Å². The Morgan fingerprint density at radius 3 is 2.67 bits per heavy atom. The zero-order chi connectivity index (χ0) is 15.6. The highest BCUT2D eigenvalue weighted by Gasteiger charge is 2.31. The molecular formula is C16H25N3O2. The number of non-ortho nitro benzene ring substituents is 1. The maximum absolute atomic E-state index is 10.9. The molecule has 21 heavy (non-hydrogen) atoms. The lowest BCUT2D eigenvalue weighted by molar-refractivity contribution is -0.384. The number of rotatable bonds is 4. The average molecular weight is 291 g/mol. The summed E-state index contributed by atoms with van der Waals surface area (Å²) in [6.07, 6.45) is 1.20. The first kappa shape index (κ1) is 15.8. The summed E-state index contributed by atoms with van der Waals surface area (Å²) in [5.41, 5.74) is 2.46. The van der Waals surface area contributed by atoms with Gasteiger partial charge in [0.15, 0.2) is 0 Å². The molecule has 1 aliphatic heterocycles. The Kier molecular flexibility index (Phi) is 4.52. The number of nitro benzene ring substituents is 1. The van der Waals surface area contributed by atoms with Crippen LogP contribution in [0.4, 0.5) is 11.4 Å². The van der Waals surface area contributed by atoms with Crippen LogP contribution in [-0.2, 0) is 6.54 Å². The molecule has 0 spiro atoms. The van der Waals surface area contributed by atoms with E-state index in [1.54, 1.807) is 18.2 Å². The van der Waals surface area contributed by atoms with Crippen molar-refractivity contribution in [1.82, 2.24) is 4.90 Å². The summed E-state index contributed by atoms with van der Waals surface area (Å²) >= 11 is 0. The standard InChI is InChI=1S/C16H25N3O2/c1-16(2,3)13-7-8-18(11-13)10-12-9-14(19(20)21)5-6-15(12)17-4/h5-6,9,13,17H,7-8,10-11H2,1-4H3. The molecule has 1 aliphatic rings. The van der Waals surface area contributed by atoms with Crippen LogP contribution in [0.25, 0.3) is 0 Å². The van der Waals surface area contributed by atoms with E-state index in [1.807, 2.05) is 7.05 Å². The maximum Gasteiger partial charge on any atom is 0.269 e. The molecule has 5 heteroatoms. The SMILES string of the molecule is CNc1ccc([N+](=O)[O-])cc1CN1CCC(C(C)(C)C)C1. The van der Waals surface area contributed by atoms with E-state index in [2.05, 4.69) is 31.0 Å². The second-order valence-corrected chi connectivity index (χ2v) is 6.94. The van der Waals surface area contributed by atoms with Gasteiger partial charge in [0.25, 0.3) is 5.69 Å². The zero-order valence-corrected chi connectivity index (χ0v) is 13.3. The number of likely N-dealkylation sites (tertiary alicyclic amines) is 1. The van der Waals surface area contributed by atoms with Crippen molar-refractivity contribution in [3.05, 3.63) is 33.9 Å². The van der Waals surface area contributed by atoms with Crippen LogP contribution in [0.3, 0.4) is 0 Å². The van der Waals surface area contributed by atoms with E-state index in [9.17, 15) is 10.1 Å². The molecule has 116 valence electrons. The first-order valence-corrected chi connectivity index (χ1v) is 7.48. The predicted octanol–water partition coefficient (Wildman–Crippen LogP) is 3.50. The lowest BCUT2D eigenvalue weighted by Gasteiger charge is -2.27. The van der Waals surface area contributed by atoms with Crippen molar-refractivity contribution < 1.29 is 4.92 Å². The van der Waals surface area contributed by atoms with Gasteiger partial charge in [0.05, 0.1) is 4.92 Å². The molecule has 0 aromatic heterocycles. The highest BCUT2D eigenvalue weighted by atomic mass is 16.6. The molecule has 1 aromatic carbocycles. The first-order chi connectivity index (χ1) is 9.81. The van der Waals surface area contributed by atoms with Gasteiger partial charge in [-0.05, 0) is 35.9 Å². The third-order valence-electron chi connectivity index (χ3n) is 4.46. The van der Waals surface area contributed by atoms with Gasteiger partial charge in [-0.3, -0.25) is 15.0 Å². The molecule has 0 aliphatic carbocycles. The third kappa shape index (κ3) is 3.73. The summed E-state index contributed by atoms with van der Waals surface area (Å²) < 4.78 is 0. The molecule has 0 saturated carbocycles. The van der Waals surface area contributed by atoms with Crippen molar-refractivity contribution in [3.63, 3.8) is 0 Å². The largest absolute Gasteiger partial charge is 0.388 e. The quantitative estimate of drug-likeness (QED) is 0.681. The molecule has 1 heterocycles. The number of nitrogens with zero attached hydrogens (tertiary/aromatic N) is 2. The summed E-state index contributed by atoms with van der Waals surface area (Å²) in [5.74, 6) is 0.689. The first-order valence-electron chi connectivity index (χ1n) is 7.48. The Labute approximate surface area is 126 Å². The van der Waals surface area contributed by atoms with E-state index >= 15 is 0 Å². The van der Waals surface area contributed by atoms with Crippen molar-refractivity contribution in [2.45, 2.75) is 33.7 Å². The fourth-order valence-electron chi connectivity index (χ4n) is 2.99. The molecule has 1 N–H and O–H groups in total. The van der Waals surface area contributed by atoms with Crippen LogP contribution in [-0.4, -0.2) is 30.0 Å². The number of hydrogen-bond donors (Lipinski definition) is 1. The monoisotopic (exact) mass is 291 g/mol. The molecule has 0 bridgehead atoms. The highest BCUT2D eigenvalue weighted by molar-refractivity contribution is 5.55. The molecule has 0 radical (unpaired) electrons. The van der Waals surface area contributed by atoms with Gasteiger partial charge in [0, 0.05) is 38.0 Å². The zero-order valence-electron chi connectivity index (χ0n) is 13.3. The number of nitro groups is 1. The highest BCUT2D eigenvalue weighted by Crippen LogP contribution is 2.34. The minimum atomic E-state index is -0.328. The van der Waals surface area contributed by atoms with Crippen molar-refractivity contribution >= 4 is 11.4 Å². The summed E-state index contributed by atoms with van der Waals surface area (Å²) in [7, 11) is 1.85. The normalized spacial score (nSPS) is 19.7. The van der Waals surface area contributed by atoms with Crippen LogP contribution >= 0.6 is 0 Å². The van der Waals surface area contributed by atoms with E-state index in [0.717, 1.165) is 30.9 Å². The number of benzene rings is 1. The van der Waals surface area contributed by atoms with Gasteiger partial charge in [-0.15, -0.1) is 0 Å². The molecule has 0 amide bonds. The van der Waals surface area contributed by atoms with E-state index in [1.165, 1.54) is 6.42 Å². The van der Waals surface area contributed by atoms with Crippen LogP contribution in [0.1, 0.15) is 32.8 Å². The van der Waals surface area contributed by atoms with E-state index in [0.29, 0.717) is 11.3 Å². The van der Waals surface area contributed by atoms with Gasteiger partial charge in [0.2, 0.25) is 0 Å². The number of anilines is 1. The summed E-state index contributed by atoms with van der Waals surface area (Å²) in [6, 6.07) is 5.04. The third-order valence-corrected chi connectivity index (χ3v) is 4.46. The molecular weight excluding hydrogens is 266 g/mol. The lowest BCUT2D eigenvalue weighted by Crippen LogP contribution is -2.26. The predicted molar refractivity (Wildman–Crippen MR) is 85.5 cm³/mol. The molecule has 1 unspecified atom stereocenters. The van der Waals surface area contributed by atoms with E-state index < -0.39 is 0 Å². The summed E-state index contributed by atoms with van der Waals surface area (Å²) in [4.78, 5) is 13.0. The van der Waals surface area contributed by atoms with Gasteiger partial charge < -0.3 is 5.32 Å². The van der Waals surface area contributed by atoms with Gasteiger partial charge in [-0.1, -0.05) is 20.8 Å². The summed E-state index contributed by atoms with van der Waals surface area (Å²) in [6.45, 7) is 9.75. The second-order valence-electron chi connectivity index (χ2n) is 6.94. The molecule has 2 rings (SSSR count). The van der Waals surface area contributed by atoms with Crippen molar-refractivity contribution in [2.75, 3.05) is 25.5 Å². The van der Waals surface area contributed by atoms with Crippen LogP contribution < -0.4 is 5.32 Å². The number of nitrogens with one attached hydrogen (secondary N) is 1.